The predicted molar refractivity (Wildman–Crippen MR) is 124 cm³/mol. The molecule has 1 saturated carbocycles. The molecular formula is C25H25ClN2O5. The monoisotopic (exact) mass is 468 g/mol. The highest BCUT2D eigenvalue weighted by Crippen LogP contribution is 2.42. The van der Waals surface area contributed by atoms with E-state index in [4.69, 9.17) is 16.3 Å². The molecule has 1 aliphatic heterocycles. The van der Waals surface area contributed by atoms with Crippen LogP contribution in [0.4, 0.5) is 11.4 Å². The van der Waals surface area contributed by atoms with E-state index in [1.807, 2.05) is 6.92 Å². The Morgan fingerprint density at radius 3 is 2.61 bits per heavy atom. The van der Waals surface area contributed by atoms with Crippen molar-refractivity contribution < 1.29 is 23.9 Å². The zero-order chi connectivity index (χ0) is 23.7. The van der Waals surface area contributed by atoms with Crippen molar-refractivity contribution in [3.63, 3.8) is 0 Å². The molecule has 1 heterocycles. The first-order valence-electron chi connectivity index (χ1n) is 11.0. The van der Waals surface area contributed by atoms with Gasteiger partial charge in [-0.05, 0) is 68.0 Å². The smallest absolute Gasteiger partial charge is 0.338 e. The standard InChI is InChI=1S/C25H25ClN2O5/c1-14-6-9-19-20(10-14)24(31)28(23(19)30)18-5-3-4-16(11-18)25(32)33-13-22(29)27-17-8-7-15(2)21(26)12-17/h3-5,7-8,11-12,14,19-20H,6,9-10,13H2,1-2H3,(H,27,29)/t14-,19+,20+/m0/s1. The number of esters is 1. The number of nitrogens with one attached hydrogen (secondary N) is 1. The second kappa shape index (κ2) is 9.35. The van der Waals surface area contributed by atoms with Crippen molar-refractivity contribution in [1.29, 1.82) is 0 Å². The van der Waals surface area contributed by atoms with Crippen LogP contribution in [0.15, 0.2) is 42.5 Å². The molecule has 2 aromatic rings. The minimum Gasteiger partial charge on any atom is -0.452 e. The average molecular weight is 469 g/mol. The lowest BCUT2D eigenvalue weighted by atomic mass is 9.76. The number of hydrogen-bond donors (Lipinski definition) is 1. The number of anilines is 2. The maximum absolute atomic E-state index is 12.9. The van der Waals surface area contributed by atoms with E-state index in [2.05, 4.69) is 12.2 Å². The molecule has 0 bridgehead atoms. The first kappa shape index (κ1) is 23.0. The Balaban J connectivity index is 1.40. The maximum Gasteiger partial charge on any atom is 0.338 e. The van der Waals surface area contributed by atoms with Gasteiger partial charge < -0.3 is 10.1 Å². The van der Waals surface area contributed by atoms with Crippen molar-refractivity contribution in [3.05, 3.63) is 58.6 Å². The van der Waals surface area contributed by atoms with Gasteiger partial charge in [-0.2, -0.15) is 0 Å². The van der Waals surface area contributed by atoms with Gasteiger partial charge in [0.1, 0.15) is 0 Å². The van der Waals surface area contributed by atoms with E-state index in [0.717, 1.165) is 12.0 Å². The van der Waals surface area contributed by atoms with Crippen LogP contribution in [0.2, 0.25) is 5.02 Å². The fourth-order valence-corrected chi connectivity index (χ4v) is 4.68. The quantitative estimate of drug-likeness (QED) is 0.519. The second-order valence-electron chi connectivity index (χ2n) is 8.78. The van der Waals surface area contributed by atoms with Crippen molar-refractivity contribution in [2.45, 2.75) is 33.1 Å². The first-order chi connectivity index (χ1) is 15.7. The molecule has 2 fully saturated rings. The number of hydrogen-bond acceptors (Lipinski definition) is 5. The SMILES string of the molecule is Cc1ccc(NC(=O)COC(=O)c2cccc(N3C(=O)[C@@H]4CC[C@H](C)C[C@H]4C3=O)c2)cc1Cl. The molecule has 2 aliphatic rings. The average Bonchev–Trinajstić information content (AvgIpc) is 3.04. The number of halogens is 1. The summed E-state index contributed by atoms with van der Waals surface area (Å²) in [5, 5.41) is 3.13. The van der Waals surface area contributed by atoms with Gasteiger partial charge in [-0.15, -0.1) is 0 Å². The Labute approximate surface area is 197 Å². The minimum atomic E-state index is -0.723. The summed E-state index contributed by atoms with van der Waals surface area (Å²) in [6.07, 6.45) is 2.34. The number of rotatable bonds is 5. The van der Waals surface area contributed by atoms with Crippen molar-refractivity contribution in [2.24, 2.45) is 17.8 Å². The van der Waals surface area contributed by atoms with Gasteiger partial charge in [0.05, 0.1) is 23.1 Å². The molecule has 172 valence electrons. The van der Waals surface area contributed by atoms with Crippen LogP contribution in [0.5, 0.6) is 0 Å². The van der Waals surface area contributed by atoms with Crippen LogP contribution in [0.25, 0.3) is 0 Å². The third-order valence-electron chi connectivity index (χ3n) is 6.32. The van der Waals surface area contributed by atoms with Crippen LogP contribution in [0.1, 0.15) is 42.1 Å². The largest absolute Gasteiger partial charge is 0.452 e. The molecule has 0 unspecified atom stereocenters. The summed E-state index contributed by atoms with van der Waals surface area (Å²) in [7, 11) is 0. The number of carbonyl (C=O) groups excluding carboxylic acids is 4. The van der Waals surface area contributed by atoms with Crippen molar-refractivity contribution in [2.75, 3.05) is 16.8 Å². The summed E-state index contributed by atoms with van der Waals surface area (Å²) in [6.45, 7) is 3.45. The molecule has 4 rings (SSSR count). The Morgan fingerprint density at radius 2 is 1.85 bits per heavy atom. The van der Waals surface area contributed by atoms with E-state index in [0.29, 0.717) is 35.2 Å². The van der Waals surface area contributed by atoms with E-state index in [1.54, 1.807) is 30.3 Å². The van der Waals surface area contributed by atoms with Gasteiger partial charge in [0.2, 0.25) is 11.8 Å². The fourth-order valence-electron chi connectivity index (χ4n) is 4.50. The Bertz CT molecular complexity index is 1130. The lowest BCUT2D eigenvalue weighted by Crippen LogP contribution is -2.31. The van der Waals surface area contributed by atoms with E-state index in [9.17, 15) is 19.2 Å². The van der Waals surface area contributed by atoms with E-state index in [1.165, 1.54) is 17.0 Å². The third kappa shape index (κ3) is 4.78. The zero-order valence-electron chi connectivity index (χ0n) is 18.5. The van der Waals surface area contributed by atoms with Crippen LogP contribution in [-0.2, 0) is 19.1 Å². The summed E-state index contributed by atoms with van der Waals surface area (Å²) in [5.41, 5.74) is 1.88. The molecule has 1 saturated heterocycles. The second-order valence-corrected chi connectivity index (χ2v) is 9.19. The van der Waals surface area contributed by atoms with Gasteiger partial charge in [0.25, 0.3) is 5.91 Å². The molecule has 2 aromatic carbocycles. The van der Waals surface area contributed by atoms with Crippen LogP contribution < -0.4 is 10.2 Å². The van der Waals surface area contributed by atoms with Gasteiger partial charge in [0, 0.05) is 10.7 Å². The summed E-state index contributed by atoms with van der Waals surface area (Å²) >= 11 is 6.05. The minimum absolute atomic E-state index is 0.155. The molecular weight excluding hydrogens is 444 g/mol. The normalized spacial score (nSPS) is 22.2. The number of amides is 3. The van der Waals surface area contributed by atoms with Crippen molar-refractivity contribution >= 4 is 46.7 Å². The molecule has 8 heteroatoms. The Hall–Kier alpha value is -3.19. The molecule has 0 spiro atoms. The highest BCUT2D eigenvalue weighted by atomic mass is 35.5. The Kier molecular flexibility index (Phi) is 6.51. The van der Waals surface area contributed by atoms with E-state index >= 15 is 0 Å². The van der Waals surface area contributed by atoms with Crippen LogP contribution in [-0.4, -0.2) is 30.3 Å². The Morgan fingerprint density at radius 1 is 1.09 bits per heavy atom. The van der Waals surface area contributed by atoms with Crippen molar-refractivity contribution in [1.82, 2.24) is 0 Å². The zero-order valence-corrected chi connectivity index (χ0v) is 19.2. The lowest BCUT2D eigenvalue weighted by Gasteiger charge is -2.25. The number of ether oxygens (including phenoxy) is 1. The molecule has 3 amide bonds. The lowest BCUT2D eigenvalue weighted by molar-refractivity contribution is -0.122. The molecule has 7 nitrogen and oxygen atoms in total. The fraction of sp³-hybridized carbons (Fsp3) is 0.360. The number of carbonyl (C=O) groups is 4. The van der Waals surface area contributed by atoms with Gasteiger partial charge in [-0.1, -0.05) is 30.7 Å². The van der Waals surface area contributed by atoms with Gasteiger partial charge >= 0.3 is 5.97 Å². The molecule has 1 aliphatic carbocycles. The third-order valence-corrected chi connectivity index (χ3v) is 6.72. The number of aryl methyl sites for hydroxylation is 1. The van der Waals surface area contributed by atoms with Crippen LogP contribution in [0.3, 0.4) is 0 Å². The number of fused-ring (bicyclic) bond motifs is 1. The molecule has 3 atom stereocenters. The summed E-state index contributed by atoms with van der Waals surface area (Å²) < 4.78 is 5.12. The molecule has 33 heavy (non-hydrogen) atoms. The topological polar surface area (TPSA) is 92.8 Å². The van der Waals surface area contributed by atoms with Crippen LogP contribution in [0, 0.1) is 24.7 Å². The highest BCUT2D eigenvalue weighted by molar-refractivity contribution is 6.31. The maximum atomic E-state index is 12.9. The van der Waals surface area contributed by atoms with Gasteiger partial charge in [-0.3, -0.25) is 19.3 Å². The van der Waals surface area contributed by atoms with Gasteiger partial charge in [0.15, 0.2) is 6.61 Å². The van der Waals surface area contributed by atoms with E-state index < -0.39 is 18.5 Å². The highest BCUT2D eigenvalue weighted by Gasteiger charge is 2.50. The molecule has 0 radical (unpaired) electrons. The number of nitrogens with zero attached hydrogens (tertiary/aromatic N) is 1. The van der Waals surface area contributed by atoms with Crippen LogP contribution >= 0.6 is 11.6 Å². The van der Waals surface area contributed by atoms with Crippen molar-refractivity contribution in [3.8, 4) is 0 Å². The first-order valence-corrected chi connectivity index (χ1v) is 11.3. The summed E-state index contributed by atoms with van der Waals surface area (Å²) in [4.78, 5) is 51.7. The summed E-state index contributed by atoms with van der Waals surface area (Å²) in [6, 6.07) is 11.3. The van der Waals surface area contributed by atoms with Gasteiger partial charge in [-0.25, -0.2) is 4.79 Å². The number of imide groups is 1. The molecule has 0 aromatic heterocycles. The molecule has 1 N–H and O–H groups in total. The van der Waals surface area contributed by atoms with E-state index in [-0.39, 0.29) is 29.2 Å². The number of benzene rings is 2. The predicted octanol–water partition coefficient (Wildman–Crippen LogP) is 4.37. The summed E-state index contributed by atoms with van der Waals surface area (Å²) in [5.74, 6) is -1.83.